The number of sulfonamides is 1. The van der Waals surface area contributed by atoms with Crippen LogP contribution in [0.15, 0.2) is 71.6 Å². The average molecular weight is 602 g/mol. The fourth-order valence-electron chi connectivity index (χ4n) is 4.35. The Morgan fingerprint density at radius 3 is 2.17 bits per heavy atom. The van der Waals surface area contributed by atoms with Crippen molar-refractivity contribution in [1.82, 2.24) is 10.2 Å². The van der Waals surface area contributed by atoms with Gasteiger partial charge >= 0.3 is 0 Å². The number of carbonyl (C=O) groups excluding carboxylic acids is 2. The van der Waals surface area contributed by atoms with E-state index in [1.807, 2.05) is 20.8 Å². The number of benzene rings is 3. The first kappa shape index (κ1) is 32.1. The van der Waals surface area contributed by atoms with Crippen molar-refractivity contribution in [3.05, 3.63) is 94.3 Å². The largest absolute Gasteiger partial charge is 0.352 e. The quantitative estimate of drug-likeness (QED) is 0.275. The van der Waals surface area contributed by atoms with Gasteiger partial charge in [-0.2, -0.15) is 0 Å². The molecule has 10 heteroatoms. The maximum Gasteiger partial charge on any atom is 0.264 e. The van der Waals surface area contributed by atoms with Crippen LogP contribution in [-0.2, 0) is 26.2 Å². The van der Waals surface area contributed by atoms with E-state index in [9.17, 15) is 22.4 Å². The SMILES string of the molecule is CC[C@@H](C)NC(=O)[C@@H](CC)N(Cc1ccc(F)cc1)C(=O)CN(c1cc(Cl)ccc1C)S(=O)(=O)c1ccc(C)cc1. The molecule has 41 heavy (non-hydrogen) atoms. The first-order valence-corrected chi connectivity index (χ1v) is 15.4. The number of amides is 2. The molecule has 2 atom stereocenters. The van der Waals surface area contributed by atoms with E-state index in [4.69, 9.17) is 11.6 Å². The van der Waals surface area contributed by atoms with E-state index in [1.165, 1.54) is 47.4 Å². The lowest BCUT2D eigenvalue weighted by Gasteiger charge is -2.34. The van der Waals surface area contributed by atoms with Crippen molar-refractivity contribution < 1.29 is 22.4 Å². The van der Waals surface area contributed by atoms with Gasteiger partial charge in [-0.3, -0.25) is 13.9 Å². The fourth-order valence-corrected chi connectivity index (χ4v) is 5.99. The van der Waals surface area contributed by atoms with Gasteiger partial charge in [-0.15, -0.1) is 0 Å². The Labute approximate surface area is 247 Å². The molecule has 0 fully saturated rings. The summed E-state index contributed by atoms with van der Waals surface area (Å²) in [5.41, 5.74) is 2.34. The van der Waals surface area contributed by atoms with Gasteiger partial charge in [-0.05, 0) is 81.1 Å². The first-order chi connectivity index (χ1) is 19.4. The summed E-state index contributed by atoms with van der Waals surface area (Å²) < 4.78 is 42.7. The minimum absolute atomic E-state index is 0.0154. The molecule has 0 heterocycles. The molecule has 0 aliphatic rings. The Bertz CT molecular complexity index is 1460. The number of rotatable bonds is 12. The van der Waals surface area contributed by atoms with Gasteiger partial charge in [0.1, 0.15) is 18.4 Å². The lowest BCUT2D eigenvalue weighted by atomic mass is 10.1. The second-order valence-corrected chi connectivity index (χ2v) is 12.4. The minimum atomic E-state index is -4.22. The van der Waals surface area contributed by atoms with Crippen molar-refractivity contribution in [2.45, 2.75) is 71.0 Å². The predicted molar refractivity (Wildman–Crippen MR) is 161 cm³/mol. The van der Waals surface area contributed by atoms with E-state index in [2.05, 4.69) is 5.32 Å². The molecule has 0 unspecified atom stereocenters. The molecule has 0 aliphatic carbocycles. The molecule has 0 aromatic heterocycles. The van der Waals surface area contributed by atoms with Crippen LogP contribution in [0.1, 0.15) is 50.3 Å². The highest BCUT2D eigenvalue weighted by atomic mass is 35.5. The highest BCUT2D eigenvalue weighted by Crippen LogP contribution is 2.30. The van der Waals surface area contributed by atoms with Gasteiger partial charge in [0, 0.05) is 17.6 Å². The zero-order valence-electron chi connectivity index (χ0n) is 24.0. The Morgan fingerprint density at radius 1 is 0.951 bits per heavy atom. The molecule has 0 radical (unpaired) electrons. The van der Waals surface area contributed by atoms with Crippen molar-refractivity contribution >= 4 is 39.1 Å². The van der Waals surface area contributed by atoms with Crippen LogP contribution in [-0.4, -0.2) is 43.8 Å². The number of halogens is 2. The third-order valence-electron chi connectivity index (χ3n) is 6.98. The Balaban J connectivity index is 2.10. The van der Waals surface area contributed by atoms with Gasteiger partial charge < -0.3 is 10.2 Å². The predicted octanol–water partition coefficient (Wildman–Crippen LogP) is 6.01. The molecule has 0 spiro atoms. The van der Waals surface area contributed by atoms with E-state index in [1.54, 1.807) is 38.1 Å². The number of nitrogens with one attached hydrogen (secondary N) is 1. The maximum atomic E-state index is 14.1. The van der Waals surface area contributed by atoms with E-state index < -0.39 is 34.3 Å². The minimum Gasteiger partial charge on any atom is -0.352 e. The van der Waals surface area contributed by atoms with Crippen LogP contribution in [0.25, 0.3) is 0 Å². The monoisotopic (exact) mass is 601 g/mol. The molecular weight excluding hydrogens is 565 g/mol. The Kier molecular flexibility index (Phi) is 10.9. The van der Waals surface area contributed by atoms with E-state index in [0.717, 1.165) is 9.87 Å². The van der Waals surface area contributed by atoms with Crippen LogP contribution in [0.4, 0.5) is 10.1 Å². The standard InChI is InChI=1S/C31H37ClFN3O4S/c1-6-23(5)34-31(38)28(7-2)35(19-24-11-14-26(33)15-12-24)30(37)20-36(29-18-25(32)13-10-22(29)4)41(39,40)27-16-8-21(3)9-17-27/h8-18,23,28H,6-7,19-20H2,1-5H3,(H,34,38)/t23-,28-/m1/s1. The normalized spacial score (nSPS) is 12.9. The van der Waals surface area contributed by atoms with Gasteiger partial charge in [0.05, 0.1) is 10.6 Å². The maximum absolute atomic E-state index is 14.1. The summed E-state index contributed by atoms with van der Waals surface area (Å²) in [5, 5.41) is 3.24. The zero-order chi connectivity index (χ0) is 30.3. The van der Waals surface area contributed by atoms with Gasteiger partial charge in [0.2, 0.25) is 11.8 Å². The number of aryl methyl sites for hydroxylation is 2. The number of anilines is 1. The van der Waals surface area contributed by atoms with Crippen molar-refractivity contribution in [3.63, 3.8) is 0 Å². The fraction of sp³-hybridized carbons (Fsp3) is 0.355. The molecule has 3 aromatic carbocycles. The third kappa shape index (κ3) is 8.07. The summed E-state index contributed by atoms with van der Waals surface area (Å²) >= 11 is 6.27. The van der Waals surface area contributed by atoms with Crippen LogP contribution < -0.4 is 9.62 Å². The van der Waals surface area contributed by atoms with E-state index in [0.29, 0.717) is 22.6 Å². The summed E-state index contributed by atoms with van der Waals surface area (Å²) in [4.78, 5) is 28.8. The lowest BCUT2D eigenvalue weighted by Crippen LogP contribution is -2.53. The highest BCUT2D eigenvalue weighted by molar-refractivity contribution is 7.92. The van der Waals surface area contributed by atoms with Crippen molar-refractivity contribution in [1.29, 1.82) is 0 Å². The topological polar surface area (TPSA) is 86.8 Å². The molecule has 2 amide bonds. The lowest BCUT2D eigenvalue weighted by molar-refractivity contribution is -0.140. The summed E-state index contributed by atoms with van der Waals surface area (Å²) in [6.45, 7) is 8.58. The highest BCUT2D eigenvalue weighted by Gasteiger charge is 2.34. The molecule has 7 nitrogen and oxygen atoms in total. The molecule has 1 N–H and O–H groups in total. The number of hydrogen-bond donors (Lipinski definition) is 1. The second-order valence-electron chi connectivity index (χ2n) is 10.1. The van der Waals surface area contributed by atoms with E-state index in [-0.39, 0.29) is 35.5 Å². The smallest absolute Gasteiger partial charge is 0.264 e. The summed E-state index contributed by atoms with van der Waals surface area (Å²) in [6.07, 6.45) is 0.987. The molecule has 3 rings (SSSR count). The van der Waals surface area contributed by atoms with Gasteiger partial charge in [0.15, 0.2) is 0 Å². The first-order valence-electron chi connectivity index (χ1n) is 13.6. The molecule has 0 bridgehead atoms. The molecule has 0 saturated carbocycles. The second kappa shape index (κ2) is 14.0. The Morgan fingerprint density at radius 2 is 1.59 bits per heavy atom. The molecular formula is C31H37ClFN3O4S. The van der Waals surface area contributed by atoms with Gasteiger partial charge in [0.25, 0.3) is 10.0 Å². The van der Waals surface area contributed by atoms with Crippen molar-refractivity contribution in [3.8, 4) is 0 Å². The summed E-state index contributed by atoms with van der Waals surface area (Å²) in [6, 6.07) is 15.8. The van der Waals surface area contributed by atoms with Gasteiger partial charge in [-0.1, -0.05) is 61.3 Å². The number of hydrogen-bond acceptors (Lipinski definition) is 4. The van der Waals surface area contributed by atoms with Crippen LogP contribution in [0, 0.1) is 19.7 Å². The molecule has 0 saturated heterocycles. The van der Waals surface area contributed by atoms with Crippen LogP contribution in [0.5, 0.6) is 0 Å². The summed E-state index contributed by atoms with van der Waals surface area (Å²) in [5.74, 6) is -1.36. The van der Waals surface area contributed by atoms with Crippen LogP contribution in [0.3, 0.4) is 0 Å². The molecule has 220 valence electrons. The third-order valence-corrected chi connectivity index (χ3v) is 8.99. The summed E-state index contributed by atoms with van der Waals surface area (Å²) in [7, 11) is -4.22. The molecule has 0 aliphatic heterocycles. The van der Waals surface area contributed by atoms with Crippen LogP contribution >= 0.6 is 11.6 Å². The zero-order valence-corrected chi connectivity index (χ0v) is 25.6. The number of carbonyl (C=O) groups is 2. The van der Waals surface area contributed by atoms with Crippen molar-refractivity contribution in [2.75, 3.05) is 10.8 Å². The van der Waals surface area contributed by atoms with Crippen LogP contribution in [0.2, 0.25) is 5.02 Å². The number of nitrogens with zero attached hydrogens (tertiary/aromatic N) is 2. The van der Waals surface area contributed by atoms with Crippen molar-refractivity contribution in [2.24, 2.45) is 0 Å². The Hall–Kier alpha value is -3.43. The average Bonchev–Trinajstić information content (AvgIpc) is 2.94. The van der Waals surface area contributed by atoms with E-state index >= 15 is 0 Å². The van der Waals surface area contributed by atoms with Gasteiger partial charge in [-0.25, -0.2) is 12.8 Å². The molecule has 3 aromatic rings.